The number of carbonyl (C=O) groups is 1. The molecule has 1 atom stereocenters. The molecule has 0 aliphatic carbocycles. The Morgan fingerprint density at radius 1 is 1.20 bits per heavy atom. The molecule has 0 aromatic heterocycles. The van der Waals surface area contributed by atoms with Crippen LogP contribution in [0.4, 0.5) is 0 Å². The number of rotatable bonds is 9. The topological polar surface area (TPSA) is 44.8 Å². The maximum atomic E-state index is 12.3. The fourth-order valence-corrected chi connectivity index (χ4v) is 2.56. The van der Waals surface area contributed by atoms with Crippen molar-refractivity contribution in [2.45, 2.75) is 39.7 Å². The van der Waals surface area contributed by atoms with Crippen molar-refractivity contribution in [3.63, 3.8) is 0 Å². The summed E-state index contributed by atoms with van der Waals surface area (Å²) in [4.78, 5) is 16.6. The van der Waals surface area contributed by atoms with Gasteiger partial charge in [-0.05, 0) is 33.0 Å². The molecule has 1 fully saturated rings. The summed E-state index contributed by atoms with van der Waals surface area (Å²) in [6.07, 6.45) is 1.60. The van der Waals surface area contributed by atoms with E-state index in [0.29, 0.717) is 13.0 Å². The lowest BCUT2D eigenvalue weighted by atomic mass is 10.2. The zero-order valence-electron chi connectivity index (χ0n) is 13.4. The molecular weight excluding hydrogens is 254 g/mol. The van der Waals surface area contributed by atoms with Crippen molar-refractivity contribution >= 4 is 5.91 Å². The molecule has 1 aliphatic heterocycles. The second kappa shape index (κ2) is 10.1. The number of ether oxygens (including phenoxy) is 1. The van der Waals surface area contributed by atoms with E-state index in [1.54, 1.807) is 0 Å². The van der Waals surface area contributed by atoms with Crippen molar-refractivity contribution in [2.24, 2.45) is 0 Å². The normalized spacial score (nSPS) is 19.3. The number of morpholine rings is 1. The molecule has 20 heavy (non-hydrogen) atoms. The average Bonchev–Trinajstić information content (AvgIpc) is 2.48. The first-order valence-corrected chi connectivity index (χ1v) is 8.03. The SMILES string of the molecule is CCN(CC)CCCN(CC)C(=O)CC1CNCCO1. The molecule has 1 unspecified atom stereocenters. The fraction of sp³-hybridized carbons (Fsp3) is 0.933. The van der Waals surface area contributed by atoms with Crippen LogP contribution in [0.1, 0.15) is 33.6 Å². The number of nitrogens with zero attached hydrogens (tertiary/aromatic N) is 2. The molecule has 0 radical (unpaired) electrons. The quantitative estimate of drug-likeness (QED) is 0.685. The zero-order chi connectivity index (χ0) is 14.8. The minimum Gasteiger partial charge on any atom is -0.375 e. The van der Waals surface area contributed by atoms with E-state index in [0.717, 1.165) is 52.2 Å². The molecule has 0 spiro atoms. The first kappa shape index (κ1) is 17.4. The molecule has 0 bridgehead atoms. The van der Waals surface area contributed by atoms with E-state index in [1.165, 1.54) is 0 Å². The Labute approximate surface area is 123 Å². The maximum absolute atomic E-state index is 12.3. The van der Waals surface area contributed by atoms with E-state index < -0.39 is 0 Å². The summed E-state index contributed by atoms with van der Waals surface area (Å²) < 4.78 is 5.60. The Kier molecular flexibility index (Phi) is 8.82. The summed E-state index contributed by atoms with van der Waals surface area (Å²) >= 11 is 0. The molecule has 1 N–H and O–H groups in total. The van der Waals surface area contributed by atoms with Gasteiger partial charge in [0.05, 0.1) is 19.1 Å². The second-order valence-electron chi connectivity index (χ2n) is 5.25. The number of hydrogen-bond acceptors (Lipinski definition) is 4. The van der Waals surface area contributed by atoms with Crippen LogP contribution >= 0.6 is 0 Å². The van der Waals surface area contributed by atoms with E-state index in [4.69, 9.17) is 4.74 Å². The summed E-state index contributed by atoms with van der Waals surface area (Å²) in [5.41, 5.74) is 0. The minimum atomic E-state index is 0.0492. The smallest absolute Gasteiger partial charge is 0.225 e. The highest BCUT2D eigenvalue weighted by Crippen LogP contribution is 2.06. The number of amides is 1. The summed E-state index contributed by atoms with van der Waals surface area (Å²) in [5.74, 6) is 0.223. The van der Waals surface area contributed by atoms with Crippen LogP contribution in [0.3, 0.4) is 0 Å². The highest BCUT2D eigenvalue weighted by molar-refractivity contribution is 5.76. The molecule has 1 aliphatic rings. The van der Waals surface area contributed by atoms with Gasteiger partial charge in [-0.3, -0.25) is 4.79 Å². The van der Waals surface area contributed by atoms with Gasteiger partial charge >= 0.3 is 0 Å². The van der Waals surface area contributed by atoms with E-state index >= 15 is 0 Å². The van der Waals surface area contributed by atoms with E-state index in [2.05, 4.69) is 31.0 Å². The molecule has 1 saturated heterocycles. The maximum Gasteiger partial charge on any atom is 0.225 e. The third-order valence-corrected chi connectivity index (χ3v) is 3.94. The molecule has 0 aromatic carbocycles. The van der Waals surface area contributed by atoms with Crippen molar-refractivity contribution in [1.82, 2.24) is 15.1 Å². The Morgan fingerprint density at radius 3 is 2.50 bits per heavy atom. The van der Waals surface area contributed by atoms with Crippen LogP contribution in [0, 0.1) is 0 Å². The predicted molar refractivity (Wildman–Crippen MR) is 81.9 cm³/mol. The Balaban J connectivity index is 2.27. The molecule has 1 rings (SSSR count). The molecule has 5 heteroatoms. The lowest BCUT2D eigenvalue weighted by molar-refractivity contribution is -0.134. The lowest BCUT2D eigenvalue weighted by Crippen LogP contribution is -2.43. The third kappa shape index (κ3) is 6.20. The van der Waals surface area contributed by atoms with Gasteiger partial charge in [0.2, 0.25) is 5.91 Å². The van der Waals surface area contributed by atoms with Crippen LogP contribution < -0.4 is 5.32 Å². The van der Waals surface area contributed by atoms with Crippen LogP contribution in [0.25, 0.3) is 0 Å². The van der Waals surface area contributed by atoms with Crippen molar-refractivity contribution < 1.29 is 9.53 Å². The average molecular weight is 285 g/mol. The predicted octanol–water partition coefficient (Wildman–Crippen LogP) is 0.945. The van der Waals surface area contributed by atoms with E-state index in [1.807, 2.05) is 4.90 Å². The summed E-state index contributed by atoms with van der Waals surface area (Å²) in [7, 11) is 0. The number of carbonyl (C=O) groups excluding carboxylic acids is 1. The Hall–Kier alpha value is -0.650. The molecule has 0 aromatic rings. The second-order valence-corrected chi connectivity index (χ2v) is 5.25. The summed E-state index contributed by atoms with van der Waals surface area (Å²) in [6, 6.07) is 0. The summed E-state index contributed by atoms with van der Waals surface area (Å²) in [6.45, 7) is 13.7. The number of nitrogens with one attached hydrogen (secondary N) is 1. The van der Waals surface area contributed by atoms with Gasteiger partial charge < -0.3 is 19.9 Å². The van der Waals surface area contributed by atoms with Crippen molar-refractivity contribution in [3.05, 3.63) is 0 Å². The molecule has 118 valence electrons. The van der Waals surface area contributed by atoms with Gasteiger partial charge in [0.1, 0.15) is 0 Å². The van der Waals surface area contributed by atoms with Crippen LogP contribution in [0.2, 0.25) is 0 Å². The van der Waals surface area contributed by atoms with Gasteiger partial charge in [-0.25, -0.2) is 0 Å². The first-order chi connectivity index (χ1) is 9.71. The van der Waals surface area contributed by atoms with Gasteiger partial charge in [0, 0.05) is 26.2 Å². The molecule has 1 heterocycles. The van der Waals surface area contributed by atoms with Gasteiger partial charge in [-0.15, -0.1) is 0 Å². The molecule has 1 amide bonds. The first-order valence-electron chi connectivity index (χ1n) is 8.03. The van der Waals surface area contributed by atoms with Gasteiger partial charge in [0.25, 0.3) is 0 Å². The molecule has 5 nitrogen and oxygen atoms in total. The zero-order valence-corrected chi connectivity index (χ0v) is 13.4. The summed E-state index contributed by atoms with van der Waals surface area (Å²) in [5, 5.41) is 3.27. The van der Waals surface area contributed by atoms with Crippen LogP contribution in [-0.2, 0) is 9.53 Å². The van der Waals surface area contributed by atoms with E-state index in [-0.39, 0.29) is 12.0 Å². The van der Waals surface area contributed by atoms with Crippen LogP contribution in [0.5, 0.6) is 0 Å². The largest absolute Gasteiger partial charge is 0.375 e. The van der Waals surface area contributed by atoms with Gasteiger partial charge in [-0.2, -0.15) is 0 Å². The molecule has 0 saturated carbocycles. The monoisotopic (exact) mass is 285 g/mol. The van der Waals surface area contributed by atoms with Crippen molar-refractivity contribution in [2.75, 3.05) is 52.4 Å². The standard InChI is InChI=1S/C15H31N3O2/c1-4-17(5-2)9-7-10-18(6-3)15(19)12-14-13-16-8-11-20-14/h14,16H,4-13H2,1-3H3. The Morgan fingerprint density at radius 2 is 1.95 bits per heavy atom. The van der Waals surface area contributed by atoms with E-state index in [9.17, 15) is 4.79 Å². The van der Waals surface area contributed by atoms with Gasteiger partial charge in [-0.1, -0.05) is 13.8 Å². The fourth-order valence-electron chi connectivity index (χ4n) is 2.56. The molecular formula is C15H31N3O2. The number of hydrogen-bond donors (Lipinski definition) is 1. The van der Waals surface area contributed by atoms with Crippen LogP contribution in [-0.4, -0.2) is 74.2 Å². The van der Waals surface area contributed by atoms with Gasteiger partial charge in [0.15, 0.2) is 0 Å². The highest BCUT2D eigenvalue weighted by Gasteiger charge is 2.20. The minimum absolute atomic E-state index is 0.0492. The lowest BCUT2D eigenvalue weighted by Gasteiger charge is -2.27. The van der Waals surface area contributed by atoms with Crippen LogP contribution in [0.15, 0.2) is 0 Å². The van der Waals surface area contributed by atoms with Crippen molar-refractivity contribution in [3.8, 4) is 0 Å². The Bertz CT molecular complexity index is 264. The van der Waals surface area contributed by atoms with Crippen molar-refractivity contribution in [1.29, 1.82) is 0 Å². The third-order valence-electron chi connectivity index (χ3n) is 3.94. The highest BCUT2D eigenvalue weighted by atomic mass is 16.5.